The number of carbonyl (C=O) groups is 1. The summed E-state index contributed by atoms with van der Waals surface area (Å²) in [5.41, 5.74) is 10.1. The van der Waals surface area contributed by atoms with Crippen LogP contribution < -0.4 is 5.73 Å². The van der Waals surface area contributed by atoms with Gasteiger partial charge in [-0.05, 0) is 43.3 Å². The molecule has 1 heterocycles. The molecule has 20 heavy (non-hydrogen) atoms. The normalized spacial score (nSPS) is 10.8. The molecule has 3 N–H and O–H groups in total. The number of anilines is 1. The number of nitrogens with zero attached hydrogens (tertiary/aromatic N) is 1. The van der Waals surface area contributed by atoms with Crippen molar-refractivity contribution < 1.29 is 9.90 Å². The van der Waals surface area contributed by atoms with Crippen molar-refractivity contribution in [2.45, 2.75) is 6.92 Å². The average molecular weight is 266 g/mol. The number of carboxylic acids is 1. The molecule has 0 aliphatic carbocycles. The Morgan fingerprint density at radius 3 is 2.50 bits per heavy atom. The van der Waals surface area contributed by atoms with Crippen LogP contribution in [0.2, 0.25) is 0 Å². The SMILES string of the molecule is Cc1ccc2c(c1)c(N)cn2-c1ccc(C(=O)O)cc1. The first kappa shape index (κ1) is 12.3. The summed E-state index contributed by atoms with van der Waals surface area (Å²) in [6.45, 7) is 2.03. The Balaban J connectivity index is 2.17. The van der Waals surface area contributed by atoms with Crippen molar-refractivity contribution >= 4 is 22.6 Å². The highest BCUT2D eigenvalue weighted by molar-refractivity contribution is 5.94. The molecule has 100 valence electrons. The molecule has 0 bridgehead atoms. The molecule has 3 aromatic rings. The molecule has 0 amide bonds. The van der Waals surface area contributed by atoms with Crippen molar-refractivity contribution in [1.29, 1.82) is 0 Å². The summed E-state index contributed by atoms with van der Waals surface area (Å²) >= 11 is 0. The van der Waals surface area contributed by atoms with Gasteiger partial charge in [0, 0.05) is 17.3 Å². The van der Waals surface area contributed by atoms with E-state index in [1.165, 1.54) is 0 Å². The number of aromatic nitrogens is 1. The summed E-state index contributed by atoms with van der Waals surface area (Å²) in [6.07, 6.45) is 1.86. The molecule has 0 aliphatic rings. The second-order valence-corrected chi connectivity index (χ2v) is 4.83. The summed E-state index contributed by atoms with van der Waals surface area (Å²) in [5, 5.41) is 9.93. The number of fused-ring (bicyclic) bond motifs is 1. The number of aromatic carboxylic acids is 1. The van der Waals surface area contributed by atoms with E-state index >= 15 is 0 Å². The fourth-order valence-electron chi connectivity index (χ4n) is 2.35. The van der Waals surface area contributed by atoms with Crippen LogP contribution in [0.25, 0.3) is 16.6 Å². The van der Waals surface area contributed by atoms with Crippen LogP contribution in [0, 0.1) is 6.92 Å². The minimum Gasteiger partial charge on any atom is -0.478 e. The van der Waals surface area contributed by atoms with Crippen molar-refractivity contribution in [2.75, 3.05) is 5.73 Å². The molecule has 4 nitrogen and oxygen atoms in total. The first-order chi connectivity index (χ1) is 9.56. The molecule has 0 unspecified atom stereocenters. The largest absolute Gasteiger partial charge is 0.478 e. The lowest BCUT2D eigenvalue weighted by Gasteiger charge is -2.06. The van der Waals surface area contributed by atoms with Crippen molar-refractivity contribution in [2.24, 2.45) is 0 Å². The van der Waals surface area contributed by atoms with E-state index < -0.39 is 5.97 Å². The van der Waals surface area contributed by atoms with Gasteiger partial charge in [0.05, 0.1) is 16.8 Å². The third-order valence-corrected chi connectivity index (χ3v) is 3.38. The fraction of sp³-hybridized carbons (Fsp3) is 0.0625. The van der Waals surface area contributed by atoms with Crippen LogP contribution in [-0.2, 0) is 0 Å². The Bertz CT molecular complexity index is 801. The van der Waals surface area contributed by atoms with Gasteiger partial charge in [-0.3, -0.25) is 0 Å². The third kappa shape index (κ3) is 1.91. The van der Waals surface area contributed by atoms with Crippen LogP contribution in [-0.4, -0.2) is 15.6 Å². The quantitative estimate of drug-likeness (QED) is 0.748. The number of carboxylic acid groups (broad SMARTS) is 1. The molecule has 4 heteroatoms. The minimum atomic E-state index is -0.927. The predicted octanol–water partition coefficient (Wildman–Crippen LogP) is 3.22. The van der Waals surface area contributed by atoms with Crippen LogP contribution in [0.4, 0.5) is 5.69 Å². The maximum Gasteiger partial charge on any atom is 0.335 e. The van der Waals surface area contributed by atoms with E-state index in [1.807, 2.05) is 35.9 Å². The monoisotopic (exact) mass is 266 g/mol. The van der Waals surface area contributed by atoms with E-state index in [4.69, 9.17) is 10.8 Å². The fourth-order valence-corrected chi connectivity index (χ4v) is 2.35. The van der Waals surface area contributed by atoms with Gasteiger partial charge in [-0.2, -0.15) is 0 Å². The number of aryl methyl sites for hydroxylation is 1. The summed E-state index contributed by atoms with van der Waals surface area (Å²) < 4.78 is 1.97. The highest BCUT2D eigenvalue weighted by Gasteiger charge is 2.09. The topological polar surface area (TPSA) is 68.2 Å². The Labute approximate surface area is 116 Å². The van der Waals surface area contributed by atoms with Crippen molar-refractivity contribution in [3.63, 3.8) is 0 Å². The van der Waals surface area contributed by atoms with Gasteiger partial charge in [-0.15, -0.1) is 0 Å². The Morgan fingerprint density at radius 2 is 1.85 bits per heavy atom. The minimum absolute atomic E-state index is 0.272. The third-order valence-electron chi connectivity index (χ3n) is 3.38. The van der Waals surface area contributed by atoms with Crippen molar-refractivity contribution in [1.82, 2.24) is 4.57 Å². The van der Waals surface area contributed by atoms with Gasteiger partial charge in [-0.1, -0.05) is 11.6 Å². The zero-order chi connectivity index (χ0) is 14.3. The first-order valence-electron chi connectivity index (χ1n) is 6.27. The second kappa shape index (κ2) is 4.42. The van der Waals surface area contributed by atoms with Gasteiger partial charge < -0.3 is 15.4 Å². The zero-order valence-electron chi connectivity index (χ0n) is 11.0. The van der Waals surface area contributed by atoms with E-state index in [0.717, 1.165) is 22.2 Å². The average Bonchev–Trinajstić information content (AvgIpc) is 2.76. The molecule has 0 atom stereocenters. The van der Waals surface area contributed by atoms with E-state index in [0.29, 0.717) is 5.69 Å². The smallest absolute Gasteiger partial charge is 0.335 e. The summed E-state index contributed by atoms with van der Waals surface area (Å²) in [5.74, 6) is -0.927. The number of hydrogen-bond acceptors (Lipinski definition) is 2. The van der Waals surface area contributed by atoms with E-state index in [9.17, 15) is 4.79 Å². The molecule has 0 aliphatic heterocycles. The molecular weight excluding hydrogens is 252 g/mol. The van der Waals surface area contributed by atoms with Gasteiger partial charge in [-0.25, -0.2) is 4.79 Å². The number of rotatable bonds is 2. The van der Waals surface area contributed by atoms with Crippen LogP contribution >= 0.6 is 0 Å². The van der Waals surface area contributed by atoms with Gasteiger partial charge in [0.1, 0.15) is 0 Å². The van der Waals surface area contributed by atoms with Crippen LogP contribution in [0.15, 0.2) is 48.7 Å². The Kier molecular flexibility index (Phi) is 2.71. The number of nitrogen functional groups attached to an aromatic ring is 1. The molecule has 0 spiro atoms. The van der Waals surface area contributed by atoms with Crippen molar-refractivity contribution in [3.05, 3.63) is 59.8 Å². The number of benzene rings is 2. The Hall–Kier alpha value is -2.75. The highest BCUT2D eigenvalue weighted by Crippen LogP contribution is 2.27. The van der Waals surface area contributed by atoms with E-state index in [-0.39, 0.29) is 5.56 Å². The number of nitrogens with two attached hydrogens (primary N) is 1. The van der Waals surface area contributed by atoms with Crippen molar-refractivity contribution in [3.8, 4) is 5.69 Å². The molecular formula is C16H14N2O2. The molecule has 2 aromatic carbocycles. The second-order valence-electron chi connectivity index (χ2n) is 4.83. The van der Waals surface area contributed by atoms with Crippen LogP contribution in [0.3, 0.4) is 0 Å². The van der Waals surface area contributed by atoms with Gasteiger partial charge >= 0.3 is 5.97 Å². The van der Waals surface area contributed by atoms with E-state index in [1.54, 1.807) is 24.3 Å². The molecule has 0 radical (unpaired) electrons. The maximum atomic E-state index is 10.9. The highest BCUT2D eigenvalue weighted by atomic mass is 16.4. The standard InChI is InChI=1S/C16H14N2O2/c1-10-2-7-15-13(8-10)14(17)9-18(15)12-5-3-11(4-6-12)16(19)20/h2-9H,17H2,1H3,(H,19,20). The van der Waals surface area contributed by atoms with Gasteiger partial charge in [0.25, 0.3) is 0 Å². The molecule has 3 rings (SSSR count). The predicted molar refractivity (Wildman–Crippen MR) is 79.4 cm³/mol. The van der Waals surface area contributed by atoms with Gasteiger partial charge in [0.15, 0.2) is 0 Å². The molecule has 1 aromatic heterocycles. The molecule has 0 fully saturated rings. The maximum absolute atomic E-state index is 10.9. The molecule has 0 saturated carbocycles. The molecule has 0 saturated heterocycles. The first-order valence-corrected chi connectivity index (χ1v) is 6.27. The lowest BCUT2D eigenvalue weighted by atomic mass is 10.1. The summed E-state index contributed by atoms with van der Waals surface area (Å²) in [6, 6.07) is 12.8. The lowest BCUT2D eigenvalue weighted by Crippen LogP contribution is -1.97. The van der Waals surface area contributed by atoms with Gasteiger partial charge in [0.2, 0.25) is 0 Å². The summed E-state index contributed by atoms with van der Waals surface area (Å²) in [4.78, 5) is 10.9. The van der Waals surface area contributed by atoms with E-state index in [2.05, 4.69) is 0 Å². The lowest BCUT2D eigenvalue weighted by molar-refractivity contribution is 0.0697. The van der Waals surface area contributed by atoms with Crippen LogP contribution in [0.1, 0.15) is 15.9 Å². The number of hydrogen-bond donors (Lipinski definition) is 2. The van der Waals surface area contributed by atoms with Crippen LogP contribution in [0.5, 0.6) is 0 Å². The summed E-state index contributed by atoms with van der Waals surface area (Å²) in [7, 11) is 0. The Morgan fingerprint density at radius 1 is 1.15 bits per heavy atom. The zero-order valence-corrected chi connectivity index (χ0v) is 11.0.